The summed E-state index contributed by atoms with van der Waals surface area (Å²) in [6.45, 7) is 5.02. The Bertz CT molecular complexity index is 274. The van der Waals surface area contributed by atoms with Crippen molar-refractivity contribution in [3.63, 3.8) is 0 Å². The summed E-state index contributed by atoms with van der Waals surface area (Å²) >= 11 is 0. The minimum atomic E-state index is -2.89. The Morgan fingerprint density at radius 3 is 2.50 bits per heavy atom. The highest BCUT2D eigenvalue weighted by molar-refractivity contribution is 7.91. The Kier molecular flexibility index (Phi) is 3.95. The third-order valence-electron chi connectivity index (χ3n) is 3.07. The zero-order chi connectivity index (χ0) is 10.8. The van der Waals surface area contributed by atoms with Crippen LogP contribution in [0.3, 0.4) is 0 Å². The third-order valence-corrected chi connectivity index (χ3v) is 4.69. The number of hydrogen-bond donors (Lipinski definition) is 1. The second-order valence-corrected chi connectivity index (χ2v) is 6.71. The van der Waals surface area contributed by atoms with Crippen molar-refractivity contribution in [2.75, 3.05) is 12.8 Å². The van der Waals surface area contributed by atoms with Gasteiger partial charge >= 0.3 is 0 Å². The maximum absolute atomic E-state index is 11.6. The van der Waals surface area contributed by atoms with Gasteiger partial charge in [0, 0.05) is 12.3 Å². The van der Waals surface area contributed by atoms with E-state index in [1.165, 1.54) is 6.26 Å². The summed E-state index contributed by atoms with van der Waals surface area (Å²) in [6, 6.07) is 0.172. The van der Waals surface area contributed by atoms with Crippen LogP contribution in [-0.2, 0) is 9.84 Å². The van der Waals surface area contributed by atoms with Crippen molar-refractivity contribution in [1.82, 2.24) is 5.32 Å². The third kappa shape index (κ3) is 2.95. The van der Waals surface area contributed by atoms with Crippen LogP contribution in [0.1, 0.15) is 33.1 Å². The van der Waals surface area contributed by atoms with Gasteiger partial charge in [0.2, 0.25) is 0 Å². The molecule has 0 aromatic heterocycles. The van der Waals surface area contributed by atoms with Gasteiger partial charge in [-0.1, -0.05) is 13.8 Å². The molecule has 0 spiro atoms. The molecule has 0 radical (unpaired) electrons. The summed E-state index contributed by atoms with van der Waals surface area (Å²) in [6.07, 6.45) is 4.31. The fourth-order valence-electron chi connectivity index (χ4n) is 2.30. The topological polar surface area (TPSA) is 46.2 Å². The summed E-state index contributed by atoms with van der Waals surface area (Å²) in [5, 5.41) is 3.11. The zero-order valence-electron chi connectivity index (χ0n) is 9.29. The van der Waals surface area contributed by atoms with E-state index >= 15 is 0 Å². The molecule has 0 bridgehead atoms. The number of nitrogens with one attached hydrogen (secondary N) is 1. The first-order valence-electron chi connectivity index (χ1n) is 5.37. The normalized spacial score (nSPS) is 34.4. The van der Waals surface area contributed by atoms with Gasteiger partial charge in [0.1, 0.15) is 0 Å². The largest absolute Gasteiger partial charge is 0.313 e. The Morgan fingerprint density at radius 2 is 2.00 bits per heavy atom. The maximum atomic E-state index is 11.6. The Hall–Kier alpha value is -0.0900. The van der Waals surface area contributed by atoms with Crippen molar-refractivity contribution in [2.45, 2.75) is 44.4 Å². The van der Waals surface area contributed by atoms with E-state index in [-0.39, 0.29) is 11.3 Å². The first-order chi connectivity index (χ1) is 6.45. The van der Waals surface area contributed by atoms with Gasteiger partial charge in [-0.05, 0) is 31.7 Å². The van der Waals surface area contributed by atoms with E-state index < -0.39 is 9.84 Å². The molecule has 1 N–H and O–H groups in total. The highest BCUT2D eigenvalue weighted by atomic mass is 32.2. The zero-order valence-corrected chi connectivity index (χ0v) is 10.1. The Balaban J connectivity index is 2.74. The Morgan fingerprint density at radius 1 is 1.36 bits per heavy atom. The molecule has 1 aliphatic rings. The van der Waals surface area contributed by atoms with Crippen molar-refractivity contribution < 1.29 is 8.42 Å². The molecule has 3 unspecified atom stereocenters. The van der Waals surface area contributed by atoms with Gasteiger partial charge in [-0.2, -0.15) is 0 Å². The van der Waals surface area contributed by atoms with E-state index in [9.17, 15) is 8.42 Å². The SMILES string of the molecule is CCNC1CCC(C)CC1S(C)(=O)=O. The number of hydrogen-bond acceptors (Lipinski definition) is 3. The molecule has 0 aliphatic heterocycles. The lowest BCUT2D eigenvalue weighted by Gasteiger charge is -2.34. The van der Waals surface area contributed by atoms with E-state index in [2.05, 4.69) is 12.2 Å². The van der Waals surface area contributed by atoms with Crippen LogP contribution in [0.15, 0.2) is 0 Å². The highest BCUT2D eigenvalue weighted by Gasteiger charge is 2.34. The molecular weight excluding hydrogens is 198 g/mol. The molecular formula is C10H21NO2S. The van der Waals surface area contributed by atoms with Crippen molar-refractivity contribution in [3.05, 3.63) is 0 Å². The molecule has 0 heterocycles. The van der Waals surface area contributed by atoms with Crippen LogP contribution in [0.2, 0.25) is 0 Å². The van der Waals surface area contributed by atoms with Crippen LogP contribution in [0.4, 0.5) is 0 Å². The maximum Gasteiger partial charge on any atom is 0.151 e. The lowest BCUT2D eigenvalue weighted by Crippen LogP contribution is -2.47. The first-order valence-corrected chi connectivity index (χ1v) is 7.32. The summed E-state index contributed by atoms with van der Waals surface area (Å²) in [5.41, 5.74) is 0. The predicted molar refractivity (Wildman–Crippen MR) is 59.1 cm³/mol. The molecule has 3 nitrogen and oxygen atoms in total. The summed E-state index contributed by atoms with van der Waals surface area (Å²) in [7, 11) is -2.89. The van der Waals surface area contributed by atoms with Gasteiger partial charge in [0.15, 0.2) is 9.84 Å². The van der Waals surface area contributed by atoms with Crippen molar-refractivity contribution in [2.24, 2.45) is 5.92 Å². The lowest BCUT2D eigenvalue weighted by molar-refractivity contribution is 0.312. The predicted octanol–water partition coefficient (Wildman–Crippen LogP) is 1.20. The Labute approximate surface area is 87.2 Å². The first kappa shape index (κ1) is 12.0. The average molecular weight is 219 g/mol. The van der Waals surface area contributed by atoms with Gasteiger partial charge in [0.25, 0.3) is 0 Å². The highest BCUT2D eigenvalue weighted by Crippen LogP contribution is 2.28. The van der Waals surface area contributed by atoms with Crippen molar-refractivity contribution in [1.29, 1.82) is 0 Å². The summed E-state index contributed by atoms with van der Waals surface area (Å²) < 4.78 is 23.2. The fourth-order valence-corrected chi connectivity index (χ4v) is 3.80. The van der Waals surface area contributed by atoms with E-state index in [1.807, 2.05) is 6.92 Å². The molecule has 0 amide bonds. The molecule has 0 aromatic rings. The molecule has 1 fully saturated rings. The van der Waals surface area contributed by atoms with Crippen LogP contribution in [0, 0.1) is 5.92 Å². The minimum Gasteiger partial charge on any atom is -0.313 e. The monoisotopic (exact) mass is 219 g/mol. The summed E-state index contributed by atoms with van der Waals surface area (Å²) in [4.78, 5) is 0. The fraction of sp³-hybridized carbons (Fsp3) is 1.00. The van der Waals surface area contributed by atoms with Crippen LogP contribution in [0.5, 0.6) is 0 Å². The van der Waals surface area contributed by atoms with Crippen LogP contribution >= 0.6 is 0 Å². The molecule has 1 aliphatic carbocycles. The van der Waals surface area contributed by atoms with Gasteiger partial charge < -0.3 is 5.32 Å². The van der Waals surface area contributed by atoms with Crippen molar-refractivity contribution in [3.8, 4) is 0 Å². The van der Waals surface area contributed by atoms with E-state index in [4.69, 9.17) is 0 Å². The van der Waals surface area contributed by atoms with Crippen LogP contribution in [-0.4, -0.2) is 32.5 Å². The molecule has 4 heteroatoms. The van der Waals surface area contributed by atoms with E-state index in [0.717, 1.165) is 25.8 Å². The molecule has 0 aromatic carbocycles. The lowest BCUT2D eigenvalue weighted by atomic mass is 9.87. The smallest absolute Gasteiger partial charge is 0.151 e. The second-order valence-electron chi connectivity index (χ2n) is 4.45. The quantitative estimate of drug-likeness (QED) is 0.776. The standard InChI is InChI=1S/C10H21NO2S/c1-4-11-9-6-5-8(2)7-10(9)14(3,12)13/h8-11H,4-7H2,1-3H3. The molecule has 1 rings (SSSR count). The van der Waals surface area contributed by atoms with Gasteiger partial charge in [-0.15, -0.1) is 0 Å². The van der Waals surface area contributed by atoms with E-state index in [0.29, 0.717) is 5.92 Å². The molecule has 84 valence electrons. The van der Waals surface area contributed by atoms with Crippen molar-refractivity contribution >= 4 is 9.84 Å². The summed E-state index contributed by atoms with van der Waals surface area (Å²) in [5.74, 6) is 0.546. The number of sulfone groups is 1. The molecule has 0 saturated heterocycles. The van der Waals surface area contributed by atoms with Crippen LogP contribution < -0.4 is 5.32 Å². The molecule has 14 heavy (non-hydrogen) atoms. The second kappa shape index (κ2) is 4.62. The molecule has 1 saturated carbocycles. The van der Waals surface area contributed by atoms with Gasteiger partial charge in [-0.25, -0.2) is 8.42 Å². The van der Waals surface area contributed by atoms with Crippen LogP contribution in [0.25, 0.3) is 0 Å². The average Bonchev–Trinajstić information content (AvgIpc) is 2.07. The number of rotatable bonds is 3. The molecule has 3 atom stereocenters. The van der Waals surface area contributed by atoms with Gasteiger partial charge in [0.05, 0.1) is 5.25 Å². The van der Waals surface area contributed by atoms with Gasteiger partial charge in [-0.3, -0.25) is 0 Å². The van der Waals surface area contributed by atoms with E-state index in [1.54, 1.807) is 0 Å². The minimum absolute atomic E-state index is 0.172.